The molecule has 3 heterocycles. The van der Waals surface area contributed by atoms with E-state index in [2.05, 4.69) is 16.1 Å². The molecule has 0 aromatic carbocycles. The van der Waals surface area contributed by atoms with Crippen molar-refractivity contribution < 1.29 is 0 Å². The zero-order valence-electron chi connectivity index (χ0n) is 9.37. The van der Waals surface area contributed by atoms with Crippen LogP contribution < -0.4 is 5.73 Å². The summed E-state index contributed by atoms with van der Waals surface area (Å²) in [4.78, 5) is 4.39. The number of thiophene rings is 1. The number of hydrogen-bond acceptors (Lipinski definition) is 4. The number of aryl methyl sites for hydroxylation is 1. The summed E-state index contributed by atoms with van der Waals surface area (Å²) in [7, 11) is 1.89. The van der Waals surface area contributed by atoms with Gasteiger partial charge in [0.05, 0.1) is 22.0 Å². The Morgan fingerprint density at radius 3 is 3.06 bits per heavy atom. The Morgan fingerprint density at radius 1 is 1.41 bits per heavy atom. The molecule has 1 unspecified atom stereocenters. The first-order valence-electron chi connectivity index (χ1n) is 5.32. The molecule has 17 heavy (non-hydrogen) atoms. The minimum Gasteiger partial charge on any atom is -0.319 e. The van der Waals surface area contributed by atoms with Crippen molar-refractivity contribution in [3.63, 3.8) is 0 Å². The predicted octanol–water partition coefficient (Wildman–Crippen LogP) is 2.08. The van der Waals surface area contributed by atoms with Crippen LogP contribution in [0.1, 0.15) is 17.3 Å². The summed E-state index contributed by atoms with van der Waals surface area (Å²) < 4.78 is 2.92. The van der Waals surface area contributed by atoms with Gasteiger partial charge in [-0.05, 0) is 29.1 Å². The molecule has 0 aliphatic rings. The maximum Gasteiger partial charge on any atom is 0.0837 e. The van der Waals surface area contributed by atoms with Crippen molar-refractivity contribution in [1.82, 2.24) is 14.8 Å². The van der Waals surface area contributed by atoms with Crippen molar-refractivity contribution >= 4 is 21.6 Å². The third-order valence-electron chi connectivity index (χ3n) is 2.74. The first kappa shape index (κ1) is 10.4. The summed E-state index contributed by atoms with van der Waals surface area (Å²) in [6.07, 6.45) is 3.72. The molecule has 1 atom stereocenters. The van der Waals surface area contributed by atoms with E-state index in [0.717, 1.165) is 21.5 Å². The summed E-state index contributed by atoms with van der Waals surface area (Å²) in [5, 5.41) is 6.36. The second kappa shape index (κ2) is 3.94. The van der Waals surface area contributed by atoms with E-state index in [4.69, 9.17) is 5.73 Å². The highest BCUT2D eigenvalue weighted by atomic mass is 32.1. The van der Waals surface area contributed by atoms with Crippen LogP contribution in [0.5, 0.6) is 0 Å². The van der Waals surface area contributed by atoms with Crippen molar-refractivity contribution in [2.45, 2.75) is 6.04 Å². The fourth-order valence-corrected chi connectivity index (χ4v) is 2.59. The van der Waals surface area contributed by atoms with E-state index >= 15 is 0 Å². The largest absolute Gasteiger partial charge is 0.319 e. The molecule has 0 fully saturated rings. The van der Waals surface area contributed by atoms with E-state index in [0.29, 0.717) is 0 Å². The van der Waals surface area contributed by atoms with Gasteiger partial charge in [-0.15, -0.1) is 11.3 Å². The molecule has 86 valence electrons. The zero-order valence-corrected chi connectivity index (χ0v) is 10.2. The van der Waals surface area contributed by atoms with Gasteiger partial charge in [0, 0.05) is 19.4 Å². The Kier molecular flexibility index (Phi) is 2.42. The van der Waals surface area contributed by atoms with Gasteiger partial charge in [-0.2, -0.15) is 5.10 Å². The topological polar surface area (TPSA) is 56.7 Å². The van der Waals surface area contributed by atoms with Crippen LogP contribution in [-0.4, -0.2) is 14.8 Å². The fraction of sp³-hybridized carbons (Fsp3) is 0.167. The summed E-state index contributed by atoms with van der Waals surface area (Å²) in [6, 6.07) is 5.82. The fourth-order valence-electron chi connectivity index (χ4n) is 1.80. The van der Waals surface area contributed by atoms with Crippen molar-refractivity contribution in [1.29, 1.82) is 0 Å². The van der Waals surface area contributed by atoms with Gasteiger partial charge in [-0.3, -0.25) is 9.67 Å². The second-order valence-electron chi connectivity index (χ2n) is 3.96. The van der Waals surface area contributed by atoms with Crippen LogP contribution in [-0.2, 0) is 7.05 Å². The number of rotatable bonds is 2. The van der Waals surface area contributed by atoms with Crippen molar-refractivity contribution in [2.24, 2.45) is 12.8 Å². The lowest BCUT2D eigenvalue weighted by molar-refractivity contribution is 0.715. The Balaban J connectivity index is 2.02. The van der Waals surface area contributed by atoms with Gasteiger partial charge in [0.15, 0.2) is 0 Å². The molecule has 3 rings (SSSR count). The maximum atomic E-state index is 6.18. The number of fused-ring (bicyclic) bond motifs is 1. The Morgan fingerprint density at radius 2 is 2.29 bits per heavy atom. The summed E-state index contributed by atoms with van der Waals surface area (Å²) in [5.74, 6) is 0. The quantitative estimate of drug-likeness (QED) is 0.751. The first-order chi connectivity index (χ1) is 8.24. The smallest absolute Gasteiger partial charge is 0.0837 e. The van der Waals surface area contributed by atoms with Gasteiger partial charge < -0.3 is 5.73 Å². The van der Waals surface area contributed by atoms with E-state index in [1.54, 1.807) is 16.0 Å². The van der Waals surface area contributed by atoms with E-state index in [1.807, 2.05) is 37.0 Å². The van der Waals surface area contributed by atoms with Gasteiger partial charge in [0.1, 0.15) is 0 Å². The van der Waals surface area contributed by atoms with E-state index < -0.39 is 0 Å². The average Bonchev–Trinajstić information content (AvgIpc) is 2.95. The molecule has 2 N–H and O–H groups in total. The summed E-state index contributed by atoms with van der Waals surface area (Å²) >= 11 is 1.68. The molecule has 0 aliphatic carbocycles. The lowest BCUT2D eigenvalue weighted by atomic mass is 10.1. The van der Waals surface area contributed by atoms with Gasteiger partial charge in [-0.25, -0.2) is 0 Å². The summed E-state index contributed by atoms with van der Waals surface area (Å²) in [5.41, 5.74) is 9.06. The van der Waals surface area contributed by atoms with Crippen LogP contribution in [0.4, 0.5) is 0 Å². The molecule has 0 aliphatic heterocycles. The van der Waals surface area contributed by atoms with Gasteiger partial charge in [0.2, 0.25) is 0 Å². The predicted molar refractivity (Wildman–Crippen MR) is 68.9 cm³/mol. The first-order valence-corrected chi connectivity index (χ1v) is 6.20. The molecule has 0 saturated carbocycles. The SMILES string of the molecule is Cn1ccc(C(N)c2cnc3ccsc3c2)n1. The minimum absolute atomic E-state index is 0.213. The van der Waals surface area contributed by atoms with Crippen LogP contribution in [0, 0.1) is 0 Å². The van der Waals surface area contributed by atoms with E-state index in [-0.39, 0.29) is 6.04 Å². The molecule has 0 radical (unpaired) electrons. The van der Waals surface area contributed by atoms with E-state index in [1.165, 1.54) is 0 Å². The monoisotopic (exact) mass is 244 g/mol. The number of pyridine rings is 1. The molecule has 0 spiro atoms. The number of nitrogens with zero attached hydrogens (tertiary/aromatic N) is 3. The minimum atomic E-state index is -0.213. The molecule has 5 heteroatoms. The van der Waals surface area contributed by atoms with Gasteiger partial charge in [0.25, 0.3) is 0 Å². The van der Waals surface area contributed by atoms with Gasteiger partial charge in [-0.1, -0.05) is 0 Å². The third-order valence-corrected chi connectivity index (χ3v) is 3.59. The lowest BCUT2D eigenvalue weighted by Gasteiger charge is -2.08. The normalized spacial score (nSPS) is 13.1. The van der Waals surface area contributed by atoms with Crippen molar-refractivity contribution in [3.05, 3.63) is 47.2 Å². The number of aromatic nitrogens is 3. The number of nitrogens with two attached hydrogens (primary N) is 1. The zero-order chi connectivity index (χ0) is 11.8. The van der Waals surface area contributed by atoms with Crippen LogP contribution in [0.25, 0.3) is 10.2 Å². The van der Waals surface area contributed by atoms with Crippen molar-refractivity contribution in [2.75, 3.05) is 0 Å². The highest BCUT2D eigenvalue weighted by molar-refractivity contribution is 7.17. The molecule has 0 bridgehead atoms. The molecule has 3 aromatic heterocycles. The highest BCUT2D eigenvalue weighted by Crippen LogP contribution is 2.24. The molecule has 4 nitrogen and oxygen atoms in total. The highest BCUT2D eigenvalue weighted by Gasteiger charge is 2.12. The number of hydrogen-bond donors (Lipinski definition) is 1. The van der Waals surface area contributed by atoms with Crippen LogP contribution in [0.3, 0.4) is 0 Å². The molecule has 0 amide bonds. The Labute approximate surface area is 103 Å². The van der Waals surface area contributed by atoms with Crippen LogP contribution in [0.15, 0.2) is 36.0 Å². The Bertz CT molecular complexity index is 655. The van der Waals surface area contributed by atoms with Crippen molar-refractivity contribution in [3.8, 4) is 0 Å². The van der Waals surface area contributed by atoms with Crippen LogP contribution >= 0.6 is 11.3 Å². The van der Waals surface area contributed by atoms with E-state index in [9.17, 15) is 0 Å². The van der Waals surface area contributed by atoms with Gasteiger partial charge >= 0.3 is 0 Å². The van der Waals surface area contributed by atoms with Crippen LogP contribution in [0.2, 0.25) is 0 Å². The second-order valence-corrected chi connectivity index (χ2v) is 4.91. The third kappa shape index (κ3) is 1.83. The maximum absolute atomic E-state index is 6.18. The average molecular weight is 244 g/mol. The summed E-state index contributed by atoms with van der Waals surface area (Å²) in [6.45, 7) is 0. The molecule has 3 aromatic rings. The Hall–Kier alpha value is -1.72. The molecule has 0 saturated heterocycles. The standard InChI is InChI=1S/C12H12N4S/c1-16-4-2-10(15-16)12(13)8-6-11-9(14-7-8)3-5-17-11/h2-7,12H,13H2,1H3. The lowest BCUT2D eigenvalue weighted by Crippen LogP contribution is -2.13. The molecular weight excluding hydrogens is 232 g/mol. The molecular formula is C12H12N4S.